The molecule has 1 N–H and O–H groups in total. The summed E-state index contributed by atoms with van der Waals surface area (Å²) in [5, 5.41) is 9.23. The molecule has 2 rings (SSSR count). The second-order valence-corrected chi connectivity index (χ2v) is 7.86. The van der Waals surface area contributed by atoms with Gasteiger partial charge in [0, 0.05) is 24.4 Å². The highest BCUT2D eigenvalue weighted by molar-refractivity contribution is 7.14. The molecular weight excluding hydrogens is 302 g/mol. The van der Waals surface area contributed by atoms with Crippen LogP contribution in [0.4, 0.5) is 4.79 Å². The quantitative estimate of drug-likeness (QED) is 0.904. The Balaban J connectivity index is 2.13. The summed E-state index contributed by atoms with van der Waals surface area (Å²) in [4.78, 5) is 26.6. The molecular formula is C16H23NO4S. The third-order valence-corrected chi connectivity index (χ3v) is 5.27. The Morgan fingerprint density at radius 1 is 1.36 bits per heavy atom. The first-order valence-corrected chi connectivity index (χ1v) is 8.22. The maximum Gasteiger partial charge on any atom is 0.410 e. The fourth-order valence-corrected chi connectivity index (χ4v) is 4.01. The maximum atomic E-state index is 12.2. The standard InChI is InChI=1S/C16H23NO4S/c1-9-11-7-6-10(8-12(11)22-13(9)14(18)19)17(5)15(20)21-16(2,3)4/h10H,6-8H2,1-5H3,(H,18,19). The smallest absolute Gasteiger partial charge is 0.410 e. The summed E-state index contributed by atoms with van der Waals surface area (Å²) in [5.41, 5.74) is 1.52. The van der Waals surface area contributed by atoms with Crippen molar-refractivity contribution in [3.8, 4) is 0 Å². The Morgan fingerprint density at radius 2 is 2.00 bits per heavy atom. The summed E-state index contributed by atoms with van der Waals surface area (Å²) in [6, 6.07) is 0.0574. The van der Waals surface area contributed by atoms with Crippen LogP contribution in [0.1, 0.15) is 52.9 Å². The van der Waals surface area contributed by atoms with Gasteiger partial charge in [-0.15, -0.1) is 11.3 Å². The predicted molar refractivity (Wildman–Crippen MR) is 85.8 cm³/mol. The Hall–Kier alpha value is -1.56. The number of aromatic carboxylic acids is 1. The summed E-state index contributed by atoms with van der Waals surface area (Å²) in [7, 11) is 1.75. The van der Waals surface area contributed by atoms with Gasteiger partial charge in [-0.2, -0.15) is 0 Å². The van der Waals surface area contributed by atoms with Crippen LogP contribution in [0.3, 0.4) is 0 Å². The van der Waals surface area contributed by atoms with Gasteiger partial charge >= 0.3 is 12.1 Å². The van der Waals surface area contributed by atoms with Crippen molar-refractivity contribution < 1.29 is 19.4 Å². The summed E-state index contributed by atoms with van der Waals surface area (Å²) >= 11 is 1.34. The molecule has 6 heteroatoms. The highest BCUT2D eigenvalue weighted by atomic mass is 32.1. The number of carboxylic acids is 1. The largest absolute Gasteiger partial charge is 0.477 e. The van der Waals surface area contributed by atoms with Crippen LogP contribution in [0.5, 0.6) is 0 Å². The van der Waals surface area contributed by atoms with E-state index < -0.39 is 11.6 Å². The summed E-state index contributed by atoms with van der Waals surface area (Å²) in [5.74, 6) is -0.867. The lowest BCUT2D eigenvalue weighted by Gasteiger charge is -2.33. The second-order valence-electron chi connectivity index (χ2n) is 6.75. The predicted octanol–water partition coefficient (Wildman–Crippen LogP) is 3.48. The molecule has 1 aromatic rings. The summed E-state index contributed by atoms with van der Waals surface area (Å²) in [6.07, 6.45) is 2.01. The van der Waals surface area contributed by atoms with Crippen molar-refractivity contribution in [2.75, 3.05) is 7.05 Å². The number of carboxylic acid groups (broad SMARTS) is 1. The summed E-state index contributed by atoms with van der Waals surface area (Å²) in [6.45, 7) is 7.41. The minimum atomic E-state index is -0.867. The summed E-state index contributed by atoms with van der Waals surface area (Å²) < 4.78 is 5.40. The number of thiophene rings is 1. The van der Waals surface area contributed by atoms with Gasteiger partial charge in [0.25, 0.3) is 0 Å². The van der Waals surface area contributed by atoms with E-state index in [1.165, 1.54) is 11.3 Å². The van der Waals surface area contributed by atoms with E-state index >= 15 is 0 Å². The molecule has 5 nitrogen and oxygen atoms in total. The van der Waals surface area contributed by atoms with Crippen molar-refractivity contribution in [1.82, 2.24) is 4.90 Å². The highest BCUT2D eigenvalue weighted by Crippen LogP contribution is 2.35. The molecule has 1 unspecified atom stereocenters. The molecule has 1 aromatic heterocycles. The van der Waals surface area contributed by atoms with Gasteiger partial charge in [-0.3, -0.25) is 0 Å². The monoisotopic (exact) mass is 325 g/mol. The SMILES string of the molecule is Cc1c(C(=O)O)sc2c1CCC(N(C)C(=O)OC(C)(C)C)C2. The molecule has 0 aliphatic heterocycles. The van der Waals surface area contributed by atoms with Gasteiger partial charge in [-0.05, 0) is 51.7 Å². The fourth-order valence-electron chi connectivity index (χ4n) is 2.74. The Morgan fingerprint density at radius 3 is 2.55 bits per heavy atom. The van der Waals surface area contributed by atoms with Crippen LogP contribution in [0.25, 0.3) is 0 Å². The number of rotatable bonds is 2. The van der Waals surface area contributed by atoms with Crippen LogP contribution in [-0.4, -0.2) is 40.8 Å². The number of fused-ring (bicyclic) bond motifs is 1. The lowest BCUT2D eigenvalue weighted by atomic mass is 9.91. The molecule has 0 bridgehead atoms. The molecule has 0 aromatic carbocycles. The van der Waals surface area contributed by atoms with E-state index in [0.29, 0.717) is 11.3 Å². The fraction of sp³-hybridized carbons (Fsp3) is 0.625. The van der Waals surface area contributed by atoms with E-state index in [-0.39, 0.29) is 12.1 Å². The minimum absolute atomic E-state index is 0.0574. The van der Waals surface area contributed by atoms with Gasteiger partial charge < -0.3 is 14.7 Å². The normalized spacial score (nSPS) is 17.8. The van der Waals surface area contributed by atoms with E-state index in [0.717, 1.165) is 28.8 Å². The number of hydrogen-bond donors (Lipinski definition) is 1. The van der Waals surface area contributed by atoms with Crippen LogP contribution in [-0.2, 0) is 17.6 Å². The third-order valence-electron chi connectivity index (χ3n) is 3.93. The van der Waals surface area contributed by atoms with Crippen LogP contribution < -0.4 is 0 Å². The molecule has 0 fully saturated rings. The van der Waals surface area contributed by atoms with Crippen molar-refractivity contribution in [3.63, 3.8) is 0 Å². The average Bonchev–Trinajstić information content (AvgIpc) is 2.73. The topological polar surface area (TPSA) is 66.8 Å². The highest BCUT2D eigenvalue weighted by Gasteiger charge is 2.31. The van der Waals surface area contributed by atoms with Gasteiger partial charge in [-0.25, -0.2) is 9.59 Å². The van der Waals surface area contributed by atoms with Gasteiger partial charge in [0.15, 0.2) is 0 Å². The molecule has 1 aliphatic carbocycles. The van der Waals surface area contributed by atoms with Gasteiger partial charge in [-0.1, -0.05) is 0 Å². The number of likely N-dealkylation sites (N-methyl/N-ethyl adjacent to an activating group) is 1. The Bertz CT molecular complexity index is 600. The zero-order valence-electron chi connectivity index (χ0n) is 13.7. The third kappa shape index (κ3) is 3.43. The number of amides is 1. The van der Waals surface area contributed by atoms with Crippen LogP contribution in [0.2, 0.25) is 0 Å². The molecule has 1 atom stereocenters. The first-order valence-electron chi connectivity index (χ1n) is 7.40. The Kier molecular flexibility index (Phi) is 4.52. The molecule has 1 amide bonds. The lowest BCUT2D eigenvalue weighted by Crippen LogP contribution is -2.43. The molecule has 1 aliphatic rings. The molecule has 122 valence electrons. The second kappa shape index (κ2) is 5.91. The maximum absolute atomic E-state index is 12.2. The van der Waals surface area contributed by atoms with E-state index in [1.807, 2.05) is 27.7 Å². The van der Waals surface area contributed by atoms with Crippen LogP contribution in [0.15, 0.2) is 0 Å². The van der Waals surface area contributed by atoms with E-state index in [4.69, 9.17) is 4.74 Å². The first-order chi connectivity index (χ1) is 10.1. The Labute approximate surface area is 134 Å². The zero-order valence-corrected chi connectivity index (χ0v) is 14.5. The first kappa shape index (κ1) is 16.8. The van der Waals surface area contributed by atoms with E-state index in [9.17, 15) is 14.7 Å². The molecule has 0 saturated heterocycles. The average molecular weight is 325 g/mol. The minimum Gasteiger partial charge on any atom is -0.477 e. The number of carbonyl (C=O) groups is 2. The van der Waals surface area contributed by atoms with Crippen molar-refractivity contribution in [1.29, 1.82) is 0 Å². The van der Waals surface area contributed by atoms with Crippen molar-refractivity contribution in [2.45, 2.75) is 58.6 Å². The zero-order chi connectivity index (χ0) is 16.7. The number of ether oxygens (including phenoxy) is 1. The van der Waals surface area contributed by atoms with E-state index in [1.54, 1.807) is 11.9 Å². The molecule has 0 radical (unpaired) electrons. The molecule has 0 saturated carbocycles. The van der Waals surface area contributed by atoms with Crippen molar-refractivity contribution in [2.24, 2.45) is 0 Å². The molecule has 22 heavy (non-hydrogen) atoms. The van der Waals surface area contributed by atoms with Crippen LogP contribution in [0, 0.1) is 6.92 Å². The van der Waals surface area contributed by atoms with Crippen molar-refractivity contribution in [3.05, 3.63) is 20.9 Å². The van der Waals surface area contributed by atoms with Gasteiger partial charge in [0.05, 0.1) is 0 Å². The number of carbonyl (C=O) groups excluding carboxylic acids is 1. The number of hydrogen-bond acceptors (Lipinski definition) is 4. The van der Waals surface area contributed by atoms with Crippen molar-refractivity contribution >= 4 is 23.4 Å². The number of nitrogens with zero attached hydrogens (tertiary/aromatic N) is 1. The lowest BCUT2D eigenvalue weighted by molar-refractivity contribution is 0.0211. The van der Waals surface area contributed by atoms with Crippen LogP contribution >= 0.6 is 11.3 Å². The molecule has 1 heterocycles. The van der Waals surface area contributed by atoms with E-state index in [2.05, 4.69) is 0 Å². The van der Waals surface area contributed by atoms with Gasteiger partial charge in [0.1, 0.15) is 10.5 Å². The van der Waals surface area contributed by atoms with Gasteiger partial charge in [0.2, 0.25) is 0 Å². The molecule has 0 spiro atoms.